The highest BCUT2D eigenvalue weighted by Crippen LogP contribution is 2.18. The van der Waals surface area contributed by atoms with Gasteiger partial charge in [-0.15, -0.1) is 0 Å². The van der Waals surface area contributed by atoms with E-state index in [-0.39, 0.29) is 0 Å². The van der Waals surface area contributed by atoms with E-state index in [1.807, 2.05) is 61.5 Å². The Morgan fingerprint density at radius 3 is 2.48 bits per heavy atom. The average Bonchev–Trinajstić information content (AvgIpc) is 2.95. The maximum atomic E-state index is 12.2. The van der Waals surface area contributed by atoms with E-state index in [9.17, 15) is 5.21 Å². The summed E-state index contributed by atoms with van der Waals surface area (Å²) in [7, 11) is 3.93. The van der Waals surface area contributed by atoms with Crippen molar-refractivity contribution in [2.75, 3.05) is 19.0 Å². The van der Waals surface area contributed by atoms with Crippen LogP contribution in [0, 0.1) is 5.21 Å². The van der Waals surface area contributed by atoms with Gasteiger partial charge in [-0.1, -0.05) is 0 Å². The number of hydrogen-bond acceptors (Lipinski definition) is 5. The highest BCUT2D eigenvalue weighted by molar-refractivity contribution is 7.00. The SMILES string of the molecule is CN(C)c1ccc(/[N+]([O-])=C/c2ccc3nsnc3c2)cc1. The molecule has 0 saturated carbocycles. The second-order valence-electron chi connectivity index (χ2n) is 4.88. The second kappa shape index (κ2) is 5.49. The molecule has 0 radical (unpaired) electrons. The molecule has 6 heteroatoms. The maximum absolute atomic E-state index is 12.2. The fourth-order valence-corrected chi connectivity index (χ4v) is 2.50. The summed E-state index contributed by atoms with van der Waals surface area (Å²) < 4.78 is 9.18. The minimum Gasteiger partial charge on any atom is -0.618 e. The number of nitrogens with zero attached hydrogens (tertiary/aromatic N) is 4. The zero-order chi connectivity index (χ0) is 14.8. The molecule has 0 aliphatic carbocycles. The van der Waals surface area contributed by atoms with E-state index in [2.05, 4.69) is 8.75 Å². The van der Waals surface area contributed by atoms with E-state index < -0.39 is 0 Å². The Morgan fingerprint density at radius 2 is 1.76 bits per heavy atom. The topological polar surface area (TPSA) is 55.1 Å². The van der Waals surface area contributed by atoms with Gasteiger partial charge in [0, 0.05) is 37.5 Å². The number of hydrogen-bond donors (Lipinski definition) is 0. The van der Waals surface area contributed by atoms with Crippen LogP contribution >= 0.6 is 11.7 Å². The Bertz CT molecular complexity index is 793. The number of anilines is 1. The largest absolute Gasteiger partial charge is 0.618 e. The van der Waals surface area contributed by atoms with Crippen molar-refractivity contribution in [3.63, 3.8) is 0 Å². The van der Waals surface area contributed by atoms with Gasteiger partial charge in [-0.25, -0.2) is 0 Å². The Labute approximate surface area is 126 Å². The molecule has 0 N–H and O–H groups in total. The summed E-state index contributed by atoms with van der Waals surface area (Å²) in [5, 5.41) is 12.2. The maximum Gasteiger partial charge on any atom is 0.216 e. The van der Waals surface area contributed by atoms with Gasteiger partial charge in [0.15, 0.2) is 6.21 Å². The van der Waals surface area contributed by atoms with Crippen molar-refractivity contribution in [2.24, 2.45) is 0 Å². The summed E-state index contributed by atoms with van der Waals surface area (Å²) in [6.07, 6.45) is 1.55. The van der Waals surface area contributed by atoms with Crippen LogP contribution in [0.1, 0.15) is 5.56 Å². The van der Waals surface area contributed by atoms with Gasteiger partial charge >= 0.3 is 0 Å². The molecule has 0 aliphatic heterocycles. The first-order valence-corrected chi connectivity index (χ1v) is 7.17. The van der Waals surface area contributed by atoms with Crippen LogP contribution in [0.25, 0.3) is 11.0 Å². The van der Waals surface area contributed by atoms with Crippen LogP contribution in [0.3, 0.4) is 0 Å². The first-order valence-electron chi connectivity index (χ1n) is 6.44. The molecule has 0 saturated heterocycles. The van der Waals surface area contributed by atoms with Gasteiger partial charge in [0.2, 0.25) is 5.69 Å². The van der Waals surface area contributed by atoms with Crippen molar-refractivity contribution in [2.45, 2.75) is 0 Å². The molecule has 0 unspecified atom stereocenters. The highest BCUT2D eigenvalue weighted by atomic mass is 32.1. The third-order valence-corrected chi connectivity index (χ3v) is 3.72. The van der Waals surface area contributed by atoms with Crippen molar-refractivity contribution in [1.29, 1.82) is 0 Å². The monoisotopic (exact) mass is 298 g/mol. The van der Waals surface area contributed by atoms with Crippen molar-refractivity contribution >= 4 is 40.4 Å². The van der Waals surface area contributed by atoms with E-state index in [0.717, 1.165) is 27.0 Å². The van der Waals surface area contributed by atoms with Crippen LogP contribution in [0.4, 0.5) is 11.4 Å². The molecule has 0 fully saturated rings. The Hall–Kier alpha value is -2.47. The normalized spacial score (nSPS) is 11.8. The minimum atomic E-state index is 0.595. The summed E-state index contributed by atoms with van der Waals surface area (Å²) in [4.78, 5) is 1.99. The third-order valence-electron chi connectivity index (χ3n) is 3.16. The smallest absolute Gasteiger partial charge is 0.216 e. The fourth-order valence-electron chi connectivity index (χ4n) is 1.99. The Balaban J connectivity index is 1.90. The van der Waals surface area contributed by atoms with Gasteiger partial charge in [-0.2, -0.15) is 13.5 Å². The van der Waals surface area contributed by atoms with Crippen molar-refractivity contribution < 1.29 is 4.74 Å². The molecule has 3 rings (SSSR count). The van der Waals surface area contributed by atoms with Crippen LogP contribution in [-0.2, 0) is 0 Å². The molecule has 1 aromatic heterocycles. The first-order chi connectivity index (χ1) is 10.1. The summed E-state index contributed by atoms with van der Waals surface area (Å²) in [5.74, 6) is 0. The van der Waals surface area contributed by atoms with E-state index in [0.29, 0.717) is 5.69 Å². The molecular weight excluding hydrogens is 284 g/mol. The Morgan fingerprint density at radius 1 is 1.05 bits per heavy atom. The third kappa shape index (κ3) is 2.85. The lowest BCUT2D eigenvalue weighted by molar-refractivity contribution is -0.354. The molecular formula is C15H14N4OS. The van der Waals surface area contributed by atoms with Crippen LogP contribution in [0.2, 0.25) is 0 Å². The van der Waals surface area contributed by atoms with Gasteiger partial charge < -0.3 is 10.1 Å². The number of aromatic nitrogens is 2. The summed E-state index contributed by atoms with van der Waals surface area (Å²) >= 11 is 1.17. The highest BCUT2D eigenvalue weighted by Gasteiger charge is 2.05. The van der Waals surface area contributed by atoms with Crippen LogP contribution < -0.4 is 4.90 Å². The van der Waals surface area contributed by atoms with Crippen LogP contribution in [-0.4, -0.2) is 33.8 Å². The average molecular weight is 298 g/mol. The lowest BCUT2D eigenvalue weighted by atomic mass is 10.2. The zero-order valence-electron chi connectivity index (χ0n) is 11.7. The number of benzene rings is 2. The van der Waals surface area contributed by atoms with E-state index >= 15 is 0 Å². The molecule has 0 atom stereocenters. The zero-order valence-corrected chi connectivity index (χ0v) is 12.5. The molecule has 5 nitrogen and oxygen atoms in total. The predicted molar refractivity (Wildman–Crippen MR) is 86.6 cm³/mol. The minimum absolute atomic E-state index is 0.595. The molecule has 0 aliphatic rings. The standard InChI is InChI=1S/C15H14N4OS/c1-18(2)12-4-6-13(7-5-12)19(20)10-11-3-8-14-15(9-11)17-21-16-14/h3-10H,1-2H3/b19-10-. The van der Waals surface area contributed by atoms with E-state index in [1.165, 1.54) is 11.7 Å². The number of rotatable bonds is 3. The van der Waals surface area contributed by atoms with Gasteiger partial charge in [-0.3, -0.25) is 0 Å². The van der Waals surface area contributed by atoms with Gasteiger partial charge in [-0.05, 0) is 30.3 Å². The van der Waals surface area contributed by atoms with Crippen LogP contribution in [0.5, 0.6) is 0 Å². The molecule has 0 bridgehead atoms. The van der Waals surface area contributed by atoms with Gasteiger partial charge in [0.05, 0.1) is 11.7 Å². The lowest BCUT2D eigenvalue weighted by Gasteiger charge is -2.12. The molecule has 21 heavy (non-hydrogen) atoms. The number of fused-ring (bicyclic) bond motifs is 1. The van der Waals surface area contributed by atoms with Crippen molar-refractivity contribution in [3.05, 3.63) is 53.2 Å². The molecule has 3 aromatic rings. The van der Waals surface area contributed by atoms with Crippen LogP contribution in [0.15, 0.2) is 42.5 Å². The molecule has 0 amide bonds. The van der Waals surface area contributed by atoms with Crippen molar-refractivity contribution in [1.82, 2.24) is 8.75 Å². The molecule has 0 spiro atoms. The van der Waals surface area contributed by atoms with Gasteiger partial charge in [0.25, 0.3) is 0 Å². The summed E-state index contributed by atoms with van der Waals surface area (Å²) in [6.45, 7) is 0. The quantitative estimate of drug-likeness (QED) is 0.323. The first kappa shape index (κ1) is 13.5. The van der Waals surface area contributed by atoms with Crippen molar-refractivity contribution in [3.8, 4) is 0 Å². The molecule has 2 aromatic carbocycles. The second-order valence-corrected chi connectivity index (χ2v) is 5.41. The van der Waals surface area contributed by atoms with E-state index in [1.54, 1.807) is 6.21 Å². The summed E-state index contributed by atoms with van der Waals surface area (Å²) in [5.41, 5.74) is 4.12. The Kier molecular flexibility index (Phi) is 3.53. The van der Waals surface area contributed by atoms with E-state index in [4.69, 9.17) is 0 Å². The summed E-state index contributed by atoms with van der Waals surface area (Å²) in [6, 6.07) is 13.0. The molecule has 1 heterocycles. The molecule has 106 valence electrons. The predicted octanol–water partition coefficient (Wildman–Crippen LogP) is 3.02. The lowest BCUT2D eigenvalue weighted by Crippen LogP contribution is -2.08. The van der Waals surface area contributed by atoms with Gasteiger partial charge in [0.1, 0.15) is 11.0 Å². The fraction of sp³-hybridized carbons (Fsp3) is 0.133.